The Morgan fingerprint density at radius 2 is 2.06 bits per heavy atom. The van der Waals surface area contributed by atoms with Crippen LogP contribution >= 0.6 is 0 Å². The molecule has 6 atom stereocenters. The van der Waals surface area contributed by atoms with Gasteiger partial charge in [-0.1, -0.05) is 19.1 Å². The number of benzene rings is 1. The third-order valence-electron chi connectivity index (χ3n) is 7.81. The van der Waals surface area contributed by atoms with E-state index in [0.29, 0.717) is 18.5 Å². The second kappa shape index (κ2) is 8.40. The zero-order chi connectivity index (χ0) is 24.1. The molecule has 180 valence electrons. The first-order valence-corrected chi connectivity index (χ1v) is 11.8. The highest BCUT2D eigenvalue weighted by atomic mass is 16.6. The van der Waals surface area contributed by atoms with E-state index in [0.717, 1.165) is 11.1 Å². The van der Waals surface area contributed by atoms with Gasteiger partial charge < -0.3 is 24.8 Å². The Kier molecular flexibility index (Phi) is 6.03. The van der Waals surface area contributed by atoms with Crippen LogP contribution in [-0.4, -0.2) is 64.8 Å². The minimum absolute atomic E-state index is 0.0373. The van der Waals surface area contributed by atoms with Gasteiger partial charge in [0.2, 0.25) is 11.8 Å². The number of rotatable bonds is 7. The van der Waals surface area contributed by atoms with E-state index in [1.165, 1.54) is 4.90 Å². The van der Waals surface area contributed by atoms with E-state index in [-0.39, 0.29) is 37.5 Å². The molecule has 0 aliphatic carbocycles. The lowest BCUT2D eigenvalue weighted by Gasteiger charge is -2.35. The first-order valence-electron chi connectivity index (χ1n) is 11.8. The molecule has 8 nitrogen and oxygen atoms in total. The van der Waals surface area contributed by atoms with Crippen LogP contribution in [0.4, 0.5) is 5.69 Å². The maximum absolute atomic E-state index is 13.8. The van der Waals surface area contributed by atoms with Crippen molar-refractivity contribution in [1.29, 1.82) is 0 Å². The molecule has 0 aromatic heterocycles. The Morgan fingerprint density at radius 3 is 2.73 bits per heavy atom. The Labute approximate surface area is 194 Å². The molecule has 4 rings (SSSR count). The minimum Gasteiger partial charge on any atom is -0.466 e. The Balaban J connectivity index is 1.76. The summed E-state index contributed by atoms with van der Waals surface area (Å²) in [6.07, 6.45) is 0.828. The smallest absolute Gasteiger partial charge is 0.312 e. The summed E-state index contributed by atoms with van der Waals surface area (Å²) in [5, 5.41) is 12.4. The number of ether oxygens (including phenoxy) is 2. The van der Waals surface area contributed by atoms with Gasteiger partial charge >= 0.3 is 5.97 Å². The number of likely N-dealkylation sites (tertiary alicyclic amines) is 1. The predicted octanol–water partition coefficient (Wildman–Crippen LogP) is 2.20. The lowest BCUT2D eigenvalue weighted by molar-refractivity contribution is -0.160. The monoisotopic (exact) mass is 458 g/mol. The van der Waals surface area contributed by atoms with Gasteiger partial charge in [0.05, 0.1) is 18.1 Å². The van der Waals surface area contributed by atoms with Crippen molar-refractivity contribution in [3.05, 3.63) is 29.3 Å². The van der Waals surface area contributed by atoms with Crippen molar-refractivity contribution in [3.63, 3.8) is 0 Å². The highest BCUT2D eigenvalue weighted by Gasteiger charge is 2.80. The number of hydrogen-bond acceptors (Lipinski definition) is 6. The standard InChI is InChI=1S/C25H34N2O6/c1-6-32-23(31)19-18-22(30)27(10-7-11-28)20(25(18)13-16(4)24(19,5)33-25)21(29)26-17-12-14(2)8-9-15(17)3/h8-9,12,16,18-20,28H,6-7,10-11,13H2,1-5H3,(H,26,29)/t16?,18-,19-,20?,24+,25?/m0/s1. The third-order valence-corrected chi connectivity index (χ3v) is 7.81. The normalized spacial score (nSPS) is 34.5. The minimum atomic E-state index is -1.11. The second-order valence-corrected chi connectivity index (χ2v) is 9.87. The Morgan fingerprint density at radius 1 is 1.33 bits per heavy atom. The maximum Gasteiger partial charge on any atom is 0.312 e. The number of amides is 2. The predicted molar refractivity (Wildman–Crippen MR) is 121 cm³/mol. The van der Waals surface area contributed by atoms with Crippen LogP contribution in [0.15, 0.2) is 18.2 Å². The fourth-order valence-corrected chi connectivity index (χ4v) is 6.18. The molecule has 3 saturated heterocycles. The topological polar surface area (TPSA) is 105 Å². The molecule has 3 heterocycles. The molecule has 2 bridgehead atoms. The second-order valence-electron chi connectivity index (χ2n) is 9.87. The van der Waals surface area contributed by atoms with Crippen LogP contribution in [0.1, 0.15) is 44.7 Å². The molecule has 0 saturated carbocycles. The van der Waals surface area contributed by atoms with Gasteiger partial charge in [0.15, 0.2) is 0 Å². The van der Waals surface area contributed by atoms with Gasteiger partial charge in [0.25, 0.3) is 0 Å². The van der Waals surface area contributed by atoms with Gasteiger partial charge in [-0.3, -0.25) is 14.4 Å². The molecule has 3 aliphatic rings. The number of aliphatic hydroxyl groups excluding tert-OH is 1. The number of anilines is 1. The van der Waals surface area contributed by atoms with E-state index < -0.39 is 35.0 Å². The molecule has 3 aliphatic heterocycles. The first kappa shape index (κ1) is 23.7. The molecule has 1 aromatic carbocycles. The largest absolute Gasteiger partial charge is 0.466 e. The summed E-state index contributed by atoms with van der Waals surface area (Å²) in [7, 11) is 0. The Hall–Kier alpha value is -2.45. The van der Waals surface area contributed by atoms with Crippen LogP contribution in [0.3, 0.4) is 0 Å². The zero-order valence-electron chi connectivity index (χ0n) is 20.0. The van der Waals surface area contributed by atoms with Gasteiger partial charge in [-0.25, -0.2) is 0 Å². The molecule has 2 N–H and O–H groups in total. The lowest BCUT2D eigenvalue weighted by Crippen LogP contribution is -2.54. The summed E-state index contributed by atoms with van der Waals surface area (Å²) < 4.78 is 11.9. The van der Waals surface area contributed by atoms with Crippen molar-refractivity contribution in [3.8, 4) is 0 Å². The lowest BCUT2D eigenvalue weighted by atomic mass is 9.62. The average molecular weight is 459 g/mol. The summed E-state index contributed by atoms with van der Waals surface area (Å²) in [6.45, 7) is 9.76. The highest BCUT2D eigenvalue weighted by Crippen LogP contribution is 2.65. The van der Waals surface area contributed by atoms with Crippen LogP contribution in [-0.2, 0) is 23.9 Å². The molecule has 1 spiro atoms. The van der Waals surface area contributed by atoms with Crippen LogP contribution in [0, 0.1) is 31.6 Å². The van der Waals surface area contributed by atoms with Gasteiger partial charge in [0, 0.05) is 18.8 Å². The molecule has 8 heteroatoms. The van der Waals surface area contributed by atoms with Crippen LogP contribution in [0.5, 0.6) is 0 Å². The number of carbonyl (C=O) groups is 3. The zero-order valence-corrected chi connectivity index (χ0v) is 20.0. The van der Waals surface area contributed by atoms with Gasteiger partial charge in [0.1, 0.15) is 17.6 Å². The molecule has 0 radical (unpaired) electrons. The molecule has 2 amide bonds. The number of esters is 1. The van der Waals surface area contributed by atoms with Gasteiger partial charge in [-0.15, -0.1) is 0 Å². The van der Waals surface area contributed by atoms with E-state index in [9.17, 15) is 19.5 Å². The third kappa shape index (κ3) is 3.46. The van der Waals surface area contributed by atoms with Crippen LogP contribution < -0.4 is 5.32 Å². The van der Waals surface area contributed by atoms with Gasteiger partial charge in [-0.05, 0) is 63.6 Å². The van der Waals surface area contributed by atoms with Crippen molar-refractivity contribution in [2.75, 3.05) is 25.1 Å². The maximum atomic E-state index is 13.8. The van der Waals surface area contributed by atoms with E-state index >= 15 is 0 Å². The molecule has 3 unspecified atom stereocenters. The number of hydrogen-bond donors (Lipinski definition) is 2. The number of fused-ring (bicyclic) bond motifs is 1. The summed E-state index contributed by atoms with van der Waals surface area (Å²) in [5.41, 5.74) is 0.611. The van der Waals surface area contributed by atoms with Gasteiger partial charge in [-0.2, -0.15) is 0 Å². The number of nitrogens with zero attached hydrogens (tertiary/aromatic N) is 1. The summed E-state index contributed by atoms with van der Waals surface area (Å²) in [6, 6.07) is 4.91. The van der Waals surface area contributed by atoms with E-state index in [2.05, 4.69) is 5.32 Å². The molecular formula is C25H34N2O6. The molecular weight excluding hydrogens is 424 g/mol. The number of aryl methyl sites for hydroxylation is 2. The number of nitrogens with one attached hydrogen (secondary N) is 1. The quantitative estimate of drug-likeness (QED) is 0.607. The SMILES string of the molecule is CCOC(=O)[C@@H]1[C@H]2C(=O)N(CCCO)C(C(=O)Nc3cc(C)ccc3C)C23CC(C)[C@@]1(C)O3. The highest BCUT2D eigenvalue weighted by molar-refractivity contribution is 6.03. The van der Waals surface area contributed by atoms with Crippen LogP contribution in [0.25, 0.3) is 0 Å². The summed E-state index contributed by atoms with van der Waals surface area (Å²) >= 11 is 0. The van der Waals surface area contributed by atoms with E-state index in [4.69, 9.17) is 9.47 Å². The van der Waals surface area contributed by atoms with Crippen molar-refractivity contribution < 1.29 is 29.0 Å². The van der Waals surface area contributed by atoms with E-state index in [1.54, 1.807) is 6.92 Å². The van der Waals surface area contributed by atoms with E-state index in [1.807, 2.05) is 45.9 Å². The molecule has 1 aromatic rings. The van der Waals surface area contributed by atoms with Crippen LogP contribution in [0.2, 0.25) is 0 Å². The van der Waals surface area contributed by atoms with Crippen molar-refractivity contribution >= 4 is 23.5 Å². The van der Waals surface area contributed by atoms with Crippen molar-refractivity contribution in [1.82, 2.24) is 4.90 Å². The summed E-state index contributed by atoms with van der Waals surface area (Å²) in [4.78, 5) is 42.0. The number of carbonyl (C=O) groups excluding carboxylic acids is 3. The summed E-state index contributed by atoms with van der Waals surface area (Å²) in [5.74, 6) is -2.67. The average Bonchev–Trinajstić information content (AvgIpc) is 3.26. The first-order chi connectivity index (χ1) is 15.6. The fourth-order valence-electron chi connectivity index (χ4n) is 6.18. The molecule has 33 heavy (non-hydrogen) atoms. The molecule has 3 fully saturated rings. The van der Waals surface area contributed by atoms with Crippen molar-refractivity contribution in [2.24, 2.45) is 17.8 Å². The van der Waals surface area contributed by atoms with Crippen molar-refractivity contribution in [2.45, 2.75) is 64.7 Å². The fraction of sp³-hybridized carbons (Fsp3) is 0.640. The number of aliphatic hydroxyl groups is 1. The Bertz CT molecular complexity index is 980.